The molecular weight excluding hydrogens is 410 g/mol. The highest BCUT2D eigenvalue weighted by Gasteiger charge is 2.24. The summed E-state index contributed by atoms with van der Waals surface area (Å²) >= 11 is 0. The molecule has 12 heteroatoms. The molecule has 1 aliphatic heterocycles. The van der Waals surface area contributed by atoms with Gasteiger partial charge in [0.25, 0.3) is 0 Å². The van der Waals surface area contributed by atoms with Gasteiger partial charge in [-0.1, -0.05) is 12.1 Å². The number of hydrogen-bond donors (Lipinski definition) is 2. The quantitative estimate of drug-likeness (QED) is 0.442. The van der Waals surface area contributed by atoms with Crippen molar-refractivity contribution >= 4 is 30.9 Å². The summed E-state index contributed by atoms with van der Waals surface area (Å²) in [5.41, 5.74) is 1.62. The lowest BCUT2D eigenvalue weighted by atomic mass is 10.0. The molecule has 5 rings (SSSR count). The Morgan fingerprint density at radius 3 is 2.94 bits per heavy atom. The third-order valence-electron chi connectivity index (χ3n) is 5.65. The van der Waals surface area contributed by atoms with Gasteiger partial charge in [-0.25, -0.2) is 9.37 Å². The van der Waals surface area contributed by atoms with Gasteiger partial charge < -0.3 is 15.1 Å². The first kappa shape index (κ1) is 20.4. The van der Waals surface area contributed by atoms with Crippen LogP contribution in [0.25, 0.3) is 17.0 Å². The van der Waals surface area contributed by atoms with Gasteiger partial charge in [0.15, 0.2) is 11.5 Å². The smallest absolute Gasteiger partial charge is 0.230 e. The van der Waals surface area contributed by atoms with Crippen LogP contribution in [0, 0.1) is 5.82 Å². The van der Waals surface area contributed by atoms with Crippen LogP contribution in [0.15, 0.2) is 30.5 Å². The van der Waals surface area contributed by atoms with Crippen molar-refractivity contribution in [1.29, 1.82) is 0 Å². The number of aromatic amines is 1. The molecule has 162 valence electrons. The lowest BCUT2D eigenvalue weighted by Crippen LogP contribution is -2.50. The summed E-state index contributed by atoms with van der Waals surface area (Å²) in [5.74, 6) is 1.76. The molecular formula is C20H22BFN10. The van der Waals surface area contributed by atoms with Gasteiger partial charge in [0.05, 0.1) is 6.54 Å². The molecule has 1 fully saturated rings. The van der Waals surface area contributed by atoms with Crippen molar-refractivity contribution < 1.29 is 4.39 Å². The average molecular weight is 432 g/mol. The number of benzene rings is 1. The molecule has 1 aromatic carbocycles. The van der Waals surface area contributed by atoms with Crippen LogP contribution in [0.2, 0.25) is 0 Å². The van der Waals surface area contributed by atoms with E-state index in [1.807, 2.05) is 0 Å². The van der Waals surface area contributed by atoms with Crippen LogP contribution in [0.3, 0.4) is 0 Å². The molecule has 0 spiro atoms. The predicted octanol–water partition coefficient (Wildman–Crippen LogP) is 0.595. The number of rotatable bonds is 5. The maximum absolute atomic E-state index is 13.5. The Balaban J connectivity index is 1.39. The minimum absolute atomic E-state index is 0.312. The molecule has 0 bridgehead atoms. The zero-order valence-corrected chi connectivity index (χ0v) is 17.8. The molecule has 0 aliphatic carbocycles. The third kappa shape index (κ3) is 3.88. The SMILES string of the molecule is [B]c1cnn2c(NCc3nc(-c4cccc(F)c4)n[nH]3)nc(N3CCN(C)[C@@H](C)C3)nc12. The van der Waals surface area contributed by atoms with Crippen LogP contribution < -0.4 is 15.7 Å². The van der Waals surface area contributed by atoms with Gasteiger partial charge in [0.1, 0.15) is 19.5 Å². The molecule has 4 heterocycles. The highest BCUT2D eigenvalue weighted by Crippen LogP contribution is 2.19. The predicted molar refractivity (Wildman–Crippen MR) is 120 cm³/mol. The zero-order chi connectivity index (χ0) is 22.2. The average Bonchev–Trinajstić information content (AvgIpc) is 3.41. The Labute approximate surface area is 185 Å². The second kappa shape index (κ2) is 8.19. The number of nitrogens with zero attached hydrogens (tertiary/aromatic N) is 8. The minimum atomic E-state index is -0.336. The van der Waals surface area contributed by atoms with Gasteiger partial charge in [0, 0.05) is 37.4 Å². The van der Waals surface area contributed by atoms with Crippen molar-refractivity contribution in [3.8, 4) is 11.4 Å². The fourth-order valence-electron chi connectivity index (χ4n) is 3.66. The van der Waals surface area contributed by atoms with Crippen molar-refractivity contribution in [3.05, 3.63) is 42.1 Å². The minimum Gasteiger partial charge on any atom is -0.347 e. The van der Waals surface area contributed by atoms with Gasteiger partial charge in [-0.15, -0.1) is 0 Å². The summed E-state index contributed by atoms with van der Waals surface area (Å²) < 4.78 is 15.1. The van der Waals surface area contributed by atoms with E-state index in [0.29, 0.717) is 52.8 Å². The van der Waals surface area contributed by atoms with E-state index in [-0.39, 0.29) is 5.82 Å². The number of piperazine rings is 1. The lowest BCUT2D eigenvalue weighted by Gasteiger charge is -2.37. The second-order valence-corrected chi connectivity index (χ2v) is 7.93. The van der Waals surface area contributed by atoms with Crippen LogP contribution in [-0.2, 0) is 6.54 Å². The van der Waals surface area contributed by atoms with Gasteiger partial charge in [-0.2, -0.15) is 24.7 Å². The number of nitrogens with one attached hydrogen (secondary N) is 2. The highest BCUT2D eigenvalue weighted by atomic mass is 19.1. The maximum Gasteiger partial charge on any atom is 0.230 e. The van der Waals surface area contributed by atoms with E-state index in [4.69, 9.17) is 12.8 Å². The molecule has 0 unspecified atom stereocenters. The first-order chi connectivity index (χ1) is 15.5. The summed E-state index contributed by atoms with van der Waals surface area (Å²) in [6.07, 6.45) is 1.56. The van der Waals surface area contributed by atoms with Gasteiger partial charge in [-0.3, -0.25) is 5.10 Å². The number of H-pyrrole nitrogens is 1. The van der Waals surface area contributed by atoms with Crippen molar-refractivity contribution in [1.82, 2.24) is 39.7 Å². The second-order valence-electron chi connectivity index (χ2n) is 7.93. The molecule has 10 nitrogen and oxygen atoms in total. The zero-order valence-electron chi connectivity index (χ0n) is 17.8. The fourth-order valence-corrected chi connectivity index (χ4v) is 3.66. The fraction of sp³-hybridized carbons (Fsp3) is 0.350. The van der Waals surface area contributed by atoms with Crippen molar-refractivity contribution in [2.75, 3.05) is 36.9 Å². The maximum atomic E-state index is 13.5. The normalized spacial score (nSPS) is 17.2. The van der Waals surface area contributed by atoms with Crippen LogP contribution >= 0.6 is 0 Å². The standard InChI is InChI=1S/C20H22BFN10/c1-12-11-31(7-6-30(12)2)20-26-18-15(21)9-24-32(18)19(27-20)23-10-16-25-17(29-28-16)13-4-3-5-14(22)8-13/h3-5,8-9,12H,6-7,10-11H2,1-2H3,(H,23,26,27)(H,25,28,29)/t12-/m0/s1. The summed E-state index contributed by atoms with van der Waals surface area (Å²) in [6, 6.07) is 6.54. The van der Waals surface area contributed by atoms with E-state index in [1.165, 1.54) is 12.1 Å². The molecule has 4 aromatic rings. The van der Waals surface area contributed by atoms with Crippen LogP contribution in [0.4, 0.5) is 16.3 Å². The van der Waals surface area contributed by atoms with Gasteiger partial charge in [0.2, 0.25) is 11.9 Å². The number of anilines is 2. The Morgan fingerprint density at radius 1 is 1.25 bits per heavy atom. The Bertz CT molecular complexity index is 1250. The van der Waals surface area contributed by atoms with Crippen molar-refractivity contribution in [3.63, 3.8) is 0 Å². The molecule has 0 saturated carbocycles. The summed E-state index contributed by atoms with van der Waals surface area (Å²) in [5, 5.41) is 14.6. The monoisotopic (exact) mass is 432 g/mol. The number of halogens is 1. The van der Waals surface area contributed by atoms with E-state index in [0.717, 1.165) is 19.6 Å². The summed E-state index contributed by atoms with van der Waals surface area (Å²) in [4.78, 5) is 18.3. The molecule has 0 amide bonds. The van der Waals surface area contributed by atoms with Crippen molar-refractivity contribution in [2.45, 2.75) is 19.5 Å². The number of fused-ring (bicyclic) bond motifs is 1. The molecule has 3 aromatic heterocycles. The van der Waals surface area contributed by atoms with E-state index in [1.54, 1.807) is 22.8 Å². The topological polar surface area (TPSA) is 103 Å². The molecule has 2 N–H and O–H groups in total. The van der Waals surface area contributed by atoms with Gasteiger partial charge >= 0.3 is 0 Å². The Morgan fingerprint density at radius 2 is 2.12 bits per heavy atom. The van der Waals surface area contributed by atoms with Crippen molar-refractivity contribution in [2.24, 2.45) is 0 Å². The van der Waals surface area contributed by atoms with Gasteiger partial charge in [-0.05, 0) is 31.6 Å². The number of likely N-dealkylation sites (N-methyl/N-ethyl adjacent to an activating group) is 1. The Kier molecular flexibility index (Phi) is 5.21. The van der Waals surface area contributed by atoms with Crippen LogP contribution in [0.5, 0.6) is 0 Å². The largest absolute Gasteiger partial charge is 0.347 e. The van der Waals surface area contributed by atoms with E-state index in [2.05, 4.69) is 54.4 Å². The highest BCUT2D eigenvalue weighted by molar-refractivity contribution is 6.36. The number of hydrogen-bond acceptors (Lipinski definition) is 8. The number of aromatic nitrogens is 7. The molecule has 1 saturated heterocycles. The molecule has 32 heavy (non-hydrogen) atoms. The molecule has 1 atom stereocenters. The van der Waals surface area contributed by atoms with E-state index >= 15 is 0 Å². The van der Waals surface area contributed by atoms with E-state index < -0.39 is 0 Å². The molecule has 2 radical (unpaired) electrons. The molecule has 1 aliphatic rings. The third-order valence-corrected chi connectivity index (χ3v) is 5.65. The summed E-state index contributed by atoms with van der Waals surface area (Å²) in [6.45, 7) is 5.06. The van der Waals surface area contributed by atoms with Crippen LogP contribution in [0.1, 0.15) is 12.7 Å². The van der Waals surface area contributed by atoms with E-state index in [9.17, 15) is 4.39 Å². The lowest BCUT2D eigenvalue weighted by molar-refractivity contribution is 0.233. The first-order valence-corrected chi connectivity index (χ1v) is 10.4. The Hall–Kier alpha value is -3.54. The first-order valence-electron chi connectivity index (χ1n) is 10.4. The van der Waals surface area contributed by atoms with Crippen LogP contribution in [-0.4, -0.2) is 80.2 Å². The summed E-state index contributed by atoms with van der Waals surface area (Å²) in [7, 11) is 8.21.